The Hall–Kier alpha value is -0.0800. The van der Waals surface area contributed by atoms with Crippen molar-refractivity contribution in [1.29, 1.82) is 0 Å². The summed E-state index contributed by atoms with van der Waals surface area (Å²) in [4.78, 5) is 0. The molecule has 0 amide bonds. The molecular weight excluding hydrogens is 176 g/mol. The summed E-state index contributed by atoms with van der Waals surface area (Å²) < 4.78 is 11.4. The Morgan fingerprint density at radius 1 is 0.857 bits per heavy atom. The minimum Gasteiger partial charge on any atom is -0.376 e. The fourth-order valence-electron chi connectivity index (χ4n) is 1.14. The van der Waals surface area contributed by atoms with E-state index in [1.165, 1.54) is 0 Å². The molecular formula is C12H26O2. The van der Waals surface area contributed by atoms with Gasteiger partial charge in [0.05, 0.1) is 17.8 Å². The lowest BCUT2D eigenvalue weighted by molar-refractivity contribution is -0.0699. The van der Waals surface area contributed by atoms with Gasteiger partial charge in [0.15, 0.2) is 0 Å². The molecule has 0 unspecified atom stereocenters. The van der Waals surface area contributed by atoms with Crippen molar-refractivity contribution in [2.75, 3.05) is 13.2 Å². The van der Waals surface area contributed by atoms with Crippen LogP contribution < -0.4 is 0 Å². The first-order valence-corrected chi connectivity index (χ1v) is 5.61. The quantitative estimate of drug-likeness (QED) is 0.630. The molecule has 0 bridgehead atoms. The fraction of sp³-hybridized carbons (Fsp3) is 1.00. The minimum absolute atomic E-state index is 0.00228. The van der Waals surface area contributed by atoms with Crippen molar-refractivity contribution in [2.45, 2.75) is 65.6 Å². The first kappa shape index (κ1) is 13.9. The maximum Gasteiger partial charge on any atom is 0.0648 e. The molecule has 0 aromatic heterocycles. The highest BCUT2D eigenvalue weighted by atomic mass is 16.5. The monoisotopic (exact) mass is 202 g/mol. The normalized spacial score (nSPS) is 13.3. The zero-order chi connectivity index (χ0) is 11.2. The van der Waals surface area contributed by atoms with Gasteiger partial charge in [-0.15, -0.1) is 0 Å². The van der Waals surface area contributed by atoms with E-state index in [0.717, 1.165) is 26.1 Å². The summed E-state index contributed by atoms with van der Waals surface area (Å²) in [5, 5.41) is 0. The van der Waals surface area contributed by atoms with Crippen molar-refractivity contribution in [2.24, 2.45) is 0 Å². The van der Waals surface area contributed by atoms with E-state index < -0.39 is 0 Å². The van der Waals surface area contributed by atoms with Crippen LogP contribution in [0, 0.1) is 0 Å². The highest BCUT2D eigenvalue weighted by Gasteiger charge is 2.20. The van der Waals surface area contributed by atoms with Gasteiger partial charge in [-0.1, -0.05) is 6.92 Å². The van der Waals surface area contributed by atoms with Gasteiger partial charge in [0.2, 0.25) is 0 Å². The van der Waals surface area contributed by atoms with E-state index in [4.69, 9.17) is 9.47 Å². The van der Waals surface area contributed by atoms with Crippen LogP contribution in [0.5, 0.6) is 0 Å². The van der Waals surface area contributed by atoms with Gasteiger partial charge in [-0.2, -0.15) is 0 Å². The third kappa shape index (κ3) is 6.39. The average Bonchev–Trinajstić information content (AvgIpc) is 2.03. The Kier molecular flexibility index (Phi) is 5.68. The maximum absolute atomic E-state index is 5.78. The summed E-state index contributed by atoms with van der Waals surface area (Å²) >= 11 is 0. The van der Waals surface area contributed by atoms with Gasteiger partial charge in [0, 0.05) is 6.61 Å². The van der Waals surface area contributed by atoms with Crippen LogP contribution in [0.3, 0.4) is 0 Å². The van der Waals surface area contributed by atoms with Crippen molar-refractivity contribution in [3.63, 3.8) is 0 Å². The zero-order valence-electron chi connectivity index (χ0n) is 10.6. The predicted octanol–water partition coefficient (Wildman–Crippen LogP) is 3.40. The molecule has 2 nitrogen and oxygen atoms in total. The lowest BCUT2D eigenvalue weighted by Crippen LogP contribution is -2.30. The molecule has 0 saturated carbocycles. The number of hydrogen-bond acceptors (Lipinski definition) is 2. The molecule has 14 heavy (non-hydrogen) atoms. The average molecular weight is 202 g/mol. The van der Waals surface area contributed by atoms with Gasteiger partial charge in [-0.3, -0.25) is 0 Å². The second kappa shape index (κ2) is 5.72. The summed E-state index contributed by atoms with van der Waals surface area (Å²) in [5.41, 5.74) is -0.0547. The second-order valence-electron chi connectivity index (χ2n) is 4.90. The third-order valence-electron chi connectivity index (χ3n) is 2.58. The van der Waals surface area contributed by atoms with Gasteiger partial charge in [0.25, 0.3) is 0 Å². The Balaban J connectivity index is 3.73. The maximum atomic E-state index is 5.78. The number of rotatable bonds is 7. The highest BCUT2D eigenvalue weighted by Crippen LogP contribution is 2.18. The van der Waals surface area contributed by atoms with E-state index in [-0.39, 0.29) is 11.2 Å². The van der Waals surface area contributed by atoms with Crippen LogP contribution in [0.4, 0.5) is 0 Å². The van der Waals surface area contributed by atoms with Crippen LogP contribution in [0.15, 0.2) is 0 Å². The van der Waals surface area contributed by atoms with E-state index >= 15 is 0 Å². The molecule has 0 aliphatic carbocycles. The first-order valence-electron chi connectivity index (χ1n) is 5.61. The van der Waals surface area contributed by atoms with Crippen molar-refractivity contribution >= 4 is 0 Å². The van der Waals surface area contributed by atoms with Crippen molar-refractivity contribution in [3.8, 4) is 0 Å². The van der Waals surface area contributed by atoms with E-state index in [1.54, 1.807) is 0 Å². The largest absolute Gasteiger partial charge is 0.376 e. The molecule has 0 N–H and O–H groups in total. The first-order chi connectivity index (χ1) is 6.33. The molecule has 86 valence electrons. The molecule has 0 radical (unpaired) electrons. The van der Waals surface area contributed by atoms with E-state index in [9.17, 15) is 0 Å². The highest BCUT2D eigenvalue weighted by molar-refractivity contribution is 4.70. The predicted molar refractivity (Wildman–Crippen MR) is 60.6 cm³/mol. The van der Waals surface area contributed by atoms with Crippen LogP contribution in [-0.2, 0) is 9.47 Å². The van der Waals surface area contributed by atoms with Crippen LogP contribution >= 0.6 is 0 Å². The van der Waals surface area contributed by atoms with Crippen LogP contribution in [0.25, 0.3) is 0 Å². The lowest BCUT2D eigenvalue weighted by Gasteiger charge is -2.28. The Labute approximate surface area is 89.0 Å². The molecule has 0 aromatic carbocycles. The lowest BCUT2D eigenvalue weighted by atomic mass is 10.0. The topological polar surface area (TPSA) is 18.5 Å². The van der Waals surface area contributed by atoms with Gasteiger partial charge >= 0.3 is 0 Å². The van der Waals surface area contributed by atoms with Gasteiger partial charge in [-0.25, -0.2) is 0 Å². The van der Waals surface area contributed by atoms with Crippen LogP contribution in [-0.4, -0.2) is 24.4 Å². The Bertz CT molecular complexity index is 150. The Morgan fingerprint density at radius 3 is 1.86 bits per heavy atom. The fourth-order valence-corrected chi connectivity index (χ4v) is 1.14. The summed E-state index contributed by atoms with van der Waals surface area (Å²) in [5.74, 6) is 0. The molecule has 2 heteroatoms. The van der Waals surface area contributed by atoms with Crippen molar-refractivity contribution in [3.05, 3.63) is 0 Å². The van der Waals surface area contributed by atoms with Crippen LogP contribution in [0.1, 0.15) is 54.4 Å². The molecule has 0 aliphatic heterocycles. The third-order valence-corrected chi connectivity index (χ3v) is 2.58. The van der Waals surface area contributed by atoms with Crippen molar-refractivity contribution in [1.82, 2.24) is 0 Å². The van der Waals surface area contributed by atoms with Gasteiger partial charge < -0.3 is 9.47 Å². The molecule has 0 atom stereocenters. The molecule has 0 aromatic rings. The smallest absolute Gasteiger partial charge is 0.0648 e. The summed E-state index contributed by atoms with van der Waals surface area (Å²) in [7, 11) is 0. The van der Waals surface area contributed by atoms with Crippen LogP contribution in [0.2, 0.25) is 0 Å². The molecule has 0 rings (SSSR count). The molecule has 0 spiro atoms. The van der Waals surface area contributed by atoms with E-state index in [2.05, 4.69) is 34.6 Å². The zero-order valence-corrected chi connectivity index (χ0v) is 10.6. The molecule has 0 fully saturated rings. The Morgan fingerprint density at radius 2 is 1.43 bits per heavy atom. The number of ether oxygens (including phenoxy) is 2. The summed E-state index contributed by atoms with van der Waals surface area (Å²) in [6.07, 6.45) is 1.99. The standard InChI is InChI=1S/C12H26O2/c1-7-11(3,4)14-10-9-12(5,6)13-8-2/h7-10H2,1-6H3. The van der Waals surface area contributed by atoms with E-state index in [1.807, 2.05) is 6.92 Å². The number of hydrogen-bond donors (Lipinski definition) is 0. The minimum atomic E-state index is -0.0570. The summed E-state index contributed by atoms with van der Waals surface area (Å²) in [6.45, 7) is 14.2. The van der Waals surface area contributed by atoms with Gasteiger partial charge in [0.1, 0.15) is 0 Å². The molecule has 0 aliphatic rings. The van der Waals surface area contributed by atoms with Gasteiger partial charge in [-0.05, 0) is 47.5 Å². The summed E-state index contributed by atoms with van der Waals surface area (Å²) in [6, 6.07) is 0. The SMILES string of the molecule is CCOC(C)(C)CCOC(C)(C)CC. The van der Waals surface area contributed by atoms with E-state index in [0.29, 0.717) is 0 Å². The molecule has 0 saturated heterocycles. The van der Waals surface area contributed by atoms with Crippen molar-refractivity contribution < 1.29 is 9.47 Å². The second-order valence-corrected chi connectivity index (χ2v) is 4.90. The molecule has 0 heterocycles.